The van der Waals surface area contributed by atoms with E-state index < -0.39 is 6.61 Å². The Morgan fingerprint density at radius 2 is 2.14 bits per heavy atom. The fraction of sp³-hybridized carbons (Fsp3) is 0.474. The number of rotatable bonds is 10. The molecule has 0 aliphatic heterocycles. The van der Waals surface area contributed by atoms with Crippen molar-refractivity contribution < 1.29 is 18.3 Å². The molecule has 0 bridgehead atoms. The van der Waals surface area contributed by atoms with Crippen molar-refractivity contribution in [1.29, 1.82) is 0 Å². The fourth-order valence-electron chi connectivity index (χ4n) is 2.43. The van der Waals surface area contributed by atoms with Gasteiger partial charge in [-0.25, -0.2) is 4.98 Å². The Labute approximate surface area is 168 Å². The van der Waals surface area contributed by atoms with Crippen molar-refractivity contribution in [3.8, 4) is 11.5 Å². The summed E-state index contributed by atoms with van der Waals surface area (Å²) in [4.78, 5) is 8.57. The summed E-state index contributed by atoms with van der Waals surface area (Å²) in [6, 6.07) is 4.94. The molecule has 0 saturated heterocycles. The highest BCUT2D eigenvalue weighted by molar-refractivity contribution is 7.09. The quantitative estimate of drug-likeness (QED) is 0.460. The lowest BCUT2D eigenvalue weighted by Gasteiger charge is -2.15. The molecule has 1 aromatic carbocycles. The molecule has 0 aliphatic carbocycles. The predicted molar refractivity (Wildman–Crippen MR) is 108 cm³/mol. The number of nitrogens with zero attached hydrogens (tertiary/aromatic N) is 2. The van der Waals surface area contributed by atoms with Crippen molar-refractivity contribution >= 4 is 17.3 Å². The lowest BCUT2D eigenvalue weighted by atomic mass is 10.2. The van der Waals surface area contributed by atoms with Crippen LogP contribution in [0.2, 0.25) is 0 Å². The maximum atomic E-state index is 12.8. The third-order valence-electron chi connectivity index (χ3n) is 3.74. The molecular formula is C19H26F2N4O2S. The topological polar surface area (TPSA) is 67.8 Å². The first-order chi connectivity index (χ1) is 13.5. The number of aryl methyl sites for hydroxylation is 1. The van der Waals surface area contributed by atoms with Gasteiger partial charge >= 0.3 is 6.61 Å². The first-order valence-electron chi connectivity index (χ1n) is 9.07. The van der Waals surface area contributed by atoms with Crippen molar-refractivity contribution in [3.63, 3.8) is 0 Å². The summed E-state index contributed by atoms with van der Waals surface area (Å²) in [6.07, 6.45) is 1.60. The van der Waals surface area contributed by atoms with E-state index >= 15 is 0 Å². The highest BCUT2D eigenvalue weighted by Gasteiger charge is 2.12. The van der Waals surface area contributed by atoms with Crippen molar-refractivity contribution in [1.82, 2.24) is 15.6 Å². The number of benzene rings is 1. The molecule has 0 fully saturated rings. The maximum Gasteiger partial charge on any atom is 0.387 e. The van der Waals surface area contributed by atoms with Gasteiger partial charge in [-0.05, 0) is 25.5 Å². The van der Waals surface area contributed by atoms with Crippen LogP contribution >= 0.6 is 11.3 Å². The largest absolute Gasteiger partial charge is 0.493 e. The molecule has 0 spiro atoms. The molecule has 9 heteroatoms. The normalized spacial score (nSPS) is 11.6. The van der Waals surface area contributed by atoms with Gasteiger partial charge in [-0.3, -0.25) is 4.99 Å². The molecular weight excluding hydrogens is 386 g/mol. The molecule has 2 aromatic rings. The predicted octanol–water partition coefficient (Wildman–Crippen LogP) is 3.75. The summed E-state index contributed by atoms with van der Waals surface area (Å²) in [6.45, 7) is 2.50. The number of halogens is 2. The summed E-state index contributed by atoms with van der Waals surface area (Å²) in [5, 5.41) is 9.36. The molecule has 28 heavy (non-hydrogen) atoms. The molecule has 6 nitrogen and oxygen atoms in total. The Balaban J connectivity index is 1.92. The van der Waals surface area contributed by atoms with Gasteiger partial charge in [0.2, 0.25) is 0 Å². The summed E-state index contributed by atoms with van der Waals surface area (Å²) in [7, 11) is 1.65. The summed E-state index contributed by atoms with van der Waals surface area (Å²) < 4.78 is 35.7. The molecule has 0 amide bonds. The minimum absolute atomic E-state index is 0.0875. The minimum atomic E-state index is -2.90. The highest BCUT2D eigenvalue weighted by Crippen LogP contribution is 2.26. The molecule has 1 aromatic heterocycles. The van der Waals surface area contributed by atoms with E-state index in [2.05, 4.69) is 25.3 Å². The third-order valence-corrected chi connectivity index (χ3v) is 4.56. The highest BCUT2D eigenvalue weighted by atomic mass is 32.1. The monoisotopic (exact) mass is 412 g/mol. The van der Waals surface area contributed by atoms with E-state index in [4.69, 9.17) is 4.74 Å². The maximum absolute atomic E-state index is 12.8. The van der Waals surface area contributed by atoms with E-state index in [1.165, 1.54) is 6.07 Å². The van der Waals surface area contributed by atoms with E-state index in [-0.39, 0.29) is 12.3 Å². The number of nitrogens with one attached hydrogen (secondary N) is 2. The van der Waals surface area contributed by atoms with Crippen LogP contribution in [0.25, 0.3) is 0 Å². The lowest BCUT2D eigenvalue weighted by molar-refractivity contribution is -0.0505. The van der Waals surface area contributed by atoms with Crippen LogP contribution in [-0.4, -0.2) is 37.8 Å². The van der Waals surface area contributed by atoms with Gasteiger partial charge in [0.05, 0.1) is 17.3 Å². The number of aliphatic imine (C=N–C) groups is 1. The number of hydrogen-bond acceptors (Lipinski definition) is 5. The van der Waals surface area contributed by atoms with Crippen LogP contribution in [0.15, 0.2) is 28.6 Å². The van der Waals surface area contributed by atoms with Gasteiger partial charge in [0.25, 0.3) is 0 Å². The van der Waals surface area contributed by atoms with E-state index in [1.54, 1.807) is 30.5 Å². The third kappa shape index (κ3) is 7.30. The van der Waals surface area contributed by atoms with Crippen molar-refractivity contribution in [2.75, 3.05) is 20.2 Å². The Morgan fingerprint density at radius 1 is 1.32 bits per heavy atom. The van der Waals surface area contributed by atoms with Gasteiger partial charge in [-0.15, -0.1) is 11.3 Å². The first kappa shape index (κ1) is 21.9. The zero-order chi connectivity index (χ0) is 20.4. The van der Waals surface area contributed by atoms with E-state index in [0.717, 1.165) is 23.5 Å². The molecule has 0 aliphatic rings. The number of guanidine groups is 1. The molecule has 1 heterocycles. The zero-order valence-electron chi connectivity index (χ0n) is 16.3. The second kappa shape index (κ2) is 11.4. The number of aromatic nitrogens is 1. The summed E-state index contributed by atoms with van der Waals surface area (Å²) >= 11 is 1.62. The van der Waals surface area contributed by atoms with E-state index in [1.807, 2.05) is 19.2 Å². The van der Waals surface area contributed by atoms with Gasteiger partial charge in [-0.2, -0.15) is 8.78 Å². The molecule has 154 valence electrons. The SMILES string of the molecule is CCCOc1ccc(CNC(=NC)NCCc2csc(C)n2)c(OC(F)F)c1. The second-order valence-electron chi connectivity index (χ2n) is 5.96. The Bertz CT molecular complexity index is 768. The second-order valence-corrected chi connectivity index (χ2v) is 7.02. The Hall–Kier alpha value is -2.42. The Kier molecular flexibility index (Phi) is 8.93. The van der Waals surface area contributed by atoms with Crippen LogP contribution in [0.1, 0.15) is 29.6 Å². The standard InChI is InChI=1S/C19H26F2N4O2S/c1-4-9-26-16-6-5-14(17(10-16)27-18(20)21)11-24-19(22-3)23-8-7-15-12-28-13(2)25-15/h5-6,10,12,18H,4,7-9,11H2,1-3H3,(H2,22,23,24). The number of ether oxygens (including phenoxy) is 2. The van der Waals surface area contributed by atoms with Gasteiger partial charge in [0.15, 0.2) is 5.96 Å². The zero-order valence-corrected chi connectivity index (χ0v) is 17.1. The van der Waals surface area contributed by atoms with Crippen LogP contribution in [0.4, 0.5) is 8.78 Å². The van der Waals surface area contributed by atoms with Crippen LogP contribution < -0.4 is 20.1 Å². The van der Waals surface area contributed by atoms with E-state index in [0.29, 0.717) is 30.4 Å². The Morgan fingerprint density at radius 3 is 2.79 bits per heavy atom. The van der Waals surface area contributed by atoms with Gasteiger partial charge in [0.1, 0.15) is 11.5 Å². The van der Waals surface area contributed by atoms with Crippen LogP contribution in [0.3, 0.4) is 0 Å². The average molecular weight is 413 g/mol. The smallest absolute Gasteiger partial charge is 0.387 e. The molecule has 2 rings (SSSR count). The molecule has 0 radical (unpaired) electrons. The number of hydrogen-bond donors (Lipinski definition) is 2. The van der Waals surface area contributed by atoms with Crippen LogP contribution in [-0.2, 0) is 13.0 Å². The summed E-state index contributed by atoms with van der Waals surface area (Å²) in [5.74, 6) is 1.16. The van der Waals surface area contributed by atoms with Gasteiger partial charge < -0.3 is 20.1 Å². The van der Waals surface area contributed by atoms with Crippen molar-refractivity contribution in [2.24, 2.45) is 4.99 Å². The number of alkyl halides is 2. The lowest BCUT2D eigenvalue weighted by Crippen LogP contribution is -2.38. The number of thiazole rings is 1. The van der Waals surface area contributed by atoms with Crippen molar-refractivity contribution in [3.05, 3.63) is 39.8 Å². The van der Waals surface area contributed by atoms with Crippen molar-refractivity contribution in [2.45, 2.75) is 39.8 Å². The van der Waals surface area contributed by atoms with Gasteiger partial charge in [-0.1, -0.05) is 6.92 Å². The molecule has 0 atom stereocenters. The summed E-state index contributed by atoms with van der Waals surface area (Å²) in [5.41, 5.74) is 1.61. The van der Waals surface area contributed by atoms with E-state index in [9.17, 15) is 8.78 Å². The molecule has 0 saturated carbocycles. The average Bonchev–Trinajstić information content (AvgIpc) is 3.08. The fourth-order valence-corrected chi connectivity index (χ4v) is 3.07. The minimum Gasteiger partial charge on any atom is -0.493 e. The van der Waals surface area contributed by atoms with Crippen LogP contribution in [0, 0.1) is 6.92 Å². The first-order valence-corrected chi connectivity index (χ1v) is 9.95. The van der Waals surface area contributed by atoms with Crippen LogP contribution in [0.5, 0.6) is 11.5 Å². The van der Waals surface area contributed by atoms with Gasteiger partial charge in [0, 0.05) is 43.6 Å². The molecule has 2 N–H and O–H groups in total. The molecule has 0 unspecified atom stereocenters.